The lowest BCUT2D eigenvalue weighted by Crippen LogP contribution is -2.35. The molecule has 16 heavy (non-hydrogen) atoms. The number of amides is 1. The number of rotatable bonds is 7. The van der Waals surface area contributed by atoms with Gasteiger partial charge in [-0.3, -0.25) is 9.69 Å². The Kier molecular flexibility index (Phi) is 6.03. The van der Waals surface area contributed by atoms with Crippen molar-refractivity contribution in [2.45, 2.75) is 6.54 Å². The van der Waals surface area contributed by atoms with Crippen LogP contribution in [-0.4, -0.2) is 43.0 Å². The lowest BCUT2D eigenvalue weighted by Gasteiger charge is -2.14. The molecule has 1 N–H and O–H groups in total. The number of carbonyl (C=O) groups is 1. The fourth-order valence-electron chi connectivity index (χ4n) is 1.23. The highest BCUT2D eigenvalue weighted by molar-refractivity contribution is 7.98. The molecule has 1 amide bonds. The smallest absolute Gasteiger partial charge is 0.234 e. The topological polar surface area (TPSA) is 45.5 Å². The molecular formula is C11H18N2O2S. The first kappa shape index (κ1) is 13.1. The van der Waals surface area contributed by atoms with Crippen LogP contribution in [0.15, 0.2) is 22.8 Å². The predicted octanol–water partition coefficient (Wildman–Crippen LogP) is 1.19. The predicted molar refractivity (Wildman–Crippen MR) is 66.4 cm³/mol. The first-order valence-corrected chi connectivity index (χ1v) is 6.58. The highest BCUT2D eigenvalue weighted by atomic mass is 32.2. The monoisotopic (exact) mass is 242 g/mol. The zero-order valence-corrected chi connectivity index (χ0v) is 10.5. The summed E-state index contributed by atoms with van der Waals surface area (Å²) >= 11 is 1.78. The van der Waals surface area contributed by atoms with Crippen LogP contribution in [0.25, 0.3) is 0 Å². The zero-order valence-electron chi connectivity index (χ0n) is 9.73. The summed E-state index contributed by atoms with van der Waals surface area (Å²) in [5.74, 6) is 1.85. The Morgan fingerprint density at radius 3 is 3.06 bits per heavy atom. The SMILES string of the molecule is CSCCN(C)CC(=O)NCc1ccco1. The molecule has 5 heteroatoms. The van der Waals surface area contributed by atoms with Crippen LogP contribution in [0.2, 0.25) is 0 Å². The summed E-state index contributed by atoms with van der Waals surface area (Å²) < 4.78 is 5.12. The Morgan fingerprint density at radius 1 is 1.62 bits per heavy atom. The van der Waals surface area contributed by atoms with Gasteiger partial charge in [0.1, 0.15) is 5.76 Å². The van der Waals surface area contributed by atoms with E-state index in [9.17, 15) is 4.79 Å². The Morgan fingerprint density at radius 2 is 2.44 bits per heavy atom. The van der Waals surface area contributed by atoms with E-state index < -0.39 is 0 Å². The van der Waals surface area contributed by atoms with Crippen molar-refractivity contribution in [3.63, 3.8) is 0 Å². The van der Waals surface area contributed by atoms with E-state index in [4.69, 9.17) is 4.42 Å². The molecule has 0 spiro atoms. The number of furan rings is 1. The van der Waals surface area contributed by atoms with Crippen LogP contribution in [0.5, 0.6) is 0 Å². The zero-order chi connectivity index (χ0) is 11.8. The normalized spacial score (nSPS) is 10.7. The molecule has 1 aromatic heterocycles. The fourth-order valence-corrected chi connectivity index (χ4v) is 1.72. The second-order valence-electron chi connectivity index (χ2n) is 3.59. The van der Waals surface area contributed by atoms with Crippen molar-refractivity contribution in [2.75, 3.05) is 32.1 Å². The summed E-state index contributed by atoms with van der Waals surface area (Å²) in [7, 11) is 1.95. The summed E-state index contributed by atoms with van der Waals surface area (Å²) in [6.07, 6.45) is 3.66. The molecule has 1 rings (SSSR count). The molecule has 0 aliphatic carbocycles. The summed E-state index contributed by atoms with van der Waals surface area (Å²) in [5.41, 5.74) is 0. The minimum Gasteiger partial charge on any atom is -0.467 e. The molecule has 0 saturated carbocycles. The highest BCUT2D eigenvalue weighted by Gasteiger charge is 2.06. The third kappa shape index (κ3) is 5.23. The number of likely N-dealkylation sites (N-methyl/N-ethyl adjacent to an activating group) is 1. The lowest BCUT2D eigenvalue weighted by atomic mass is 10.4. The van der Waals surface area contributed by atoms with E-state index in [1.165, 1.54) is 0 Å². The van der Waals surface area contributed by atoms with Crippen LogP contribution in [0, 0.1) is 0 Å². The van der Waals surface area contributed by atoms with E-state index in [0.717, 1.165) is 18.1 Å². The molecule has 0 fully saturated rings. The molecule has 0 atom stereocenters. The first-order chi connectivity index (χ1) is 7.72. The largest absolute Gasteiger partial charge is 0.467 e. The maximum Gasteiger partial charge on any atom is 0.234 e. The summed E-state index contributed by atoms with van der Waals surface area (Å²) in [5, 5.41) is 2.81. The van der Waals surface area contributed by atoms with Gasteiger partial charge < -0.3 is 9.73 Å². The Bertz CT molecular complexity index is 301. The van der Waals surface area contributed by atoms with Crippen LogP contribution >= 0.6 is 11.8 Å². The lowest BCUT2D eigenvalue weighted by molar-refractivity contribution is -0.122. The van der Waals surface area contributed by atoms with Gasteiger partial charge in [0.25, 0.3) is 0 Å². The highest BCUT2D eigenvalue weighted by Crippen LogP contribution is 1.98. The van der Waals surface area contributed by atoms with E-state index in [1.807, 2.05) is 24.1 Å². The molecular weight excluding hydrogens is 224 g/mol. The van der Waals surface area contributed by atoms with Crippen molar-refractivity contribution in [1.82, 2.24) is 10.2 Å². The van der Waals surface area contributed by atoms with Crippen LogP contribution in [0.4, 0.5) is 0 Å². The number of thioether (sulfide) groups is 1. The van der Waals surface area contributed by atoms with Crippen molar-refractivity contribution in [1.29, 1.82) is 0 Å². The van der Waals surface area contributed by atoms with Gasteiger partial charge in [0.2, 0.25) is 5.91 Å². The molecule has 90 valence electrons. The molecule has 0 bridgehead atoms. The number of nitrogens with zero attached hydrogens (tertiary/aromatic N) is 1. The Balaban J connectivity index is 2.15. The quantitative estimate of drug-likeness (QED) is 0.780. The maximum atomic E-state index is 11.5. The van der Waals surface area contributed by atoms with E-state index in [2.05, 4.69) is 11.6 Å². The summed E-state index contributed by atoms with van der Waals surface area (Å²) in [4.78, 5) is 13.5. The molecule has 0 unspecified atom stereocenters. The van der Waals surface area contributed by atoms with Gasteiger partial charge in [-0.25, -0.2) is 0 Å². The summed E-state index contributed by atoms with van der Waals surface area (Å²) in [6, 6.07) is 3.66. The Labute approximate surface area is 100 Å². The van der Waals surface area contributed by atoms with Crippen LogP contribution in [-0.2, 0) is 11.3 Å². The molecule has 0 radical (unpaired) electrons. The minimum absolute atomic E-state index is 0.0278. The van der Waals surface area contributed by atoms with E-state index in [-0.39, 0.29) is 5.91 Å². The van der Waals surface area contributed by atoms with Gasteiger partial charge in [-0.15, -0.1) is 0 Å². The van der Waals surface area contributed by atoms with Gasteiger partial charge in [0.05, 0.1) is 19.4 Å². The van der Waals surface area contributed by atoms with Crippen molar-refractivity contribution in [3.05, 3.63) is 24.2 Å². The van der Waals surface area contributed by atoms with Crippen LogP contribution < -0.4 is 5.32 Å². The molecule has 0 aliphatic rings. The van der Waals surface area contributed by atoms with Crippen molar-refractivity contribution in [2.24, 2.45) is 0 Å². The standard InChI is InChI=1S/C11H18N2O2S/c1-13(5-7-16-2)9-11(14)12-8-10-4-3-6-15-10/h3-4,6H,5,7-9H2,1-2H3,(H,12,14). The maximum absolute atomic E-state index is 11.5. The molecule has 0 saturated heterocycles. The fraction of sp³-hybridized carbons (Fsp3) is 0.545. The van der Waals surface area contributed by atoms with Crippen LogP contribution in [0.3, 0.4) is 0 Å². The third-order valence-corrected chi connectivity index (χ3v) is 2.72. The third-order valence-electron chi connectivity index (χ3n) is 2.13. The number of carbonyl (C=O) groups excluding carboxylic acids is 1. The van der Waals surface area contributed by atoms with E-state index in [1.54, 1.807) is 18.0 Å². The molecule has 1 aromatic rings. The Hall–Kier alpha value is -0.940. The van der Waals surface area contributed by atoms with Crippen molar-refractivity contribution >= 4 is 17.7 Å². The second kappa shape index (κ2) is 7.35. The molecule has 1 heterocycles. The van der Waals surface area contributed by atoms with Gasteiger partial charge >= 0.3 is 0 Å². The summed E-state index contributed by atoms with van der Waals surface area (Å²) in [6.45, 7) is 1.82. The average Bonchev–Trinajstić information content (AvgIpc) is 2.76. The van der Waals surface area contributed by atoms with E-state index >= 15 is 0 Å². The molecule has 0 aromatic carbocycles. The van der Waals surface area contributed by atoms with Gasteiger partial charge in [0, 0.05) is 12.3 Å². The van der Waals surface area contributed by atoms with Crippen molar-refractivity contribution in [3.8, 4) is 0 Å². The first-order valence-electron chi connectivity index (χ1n) is 5.19. The van der Waals surface area contributed by atoms with E-state index in [0.29, 0.717) is 13.1 Å². The van der Waals surface area contributed by atoms with Gasteiger partial charge in [0.15, 0.2) is 0 Å². The molecule has 0 aliphatic heterocycles. The van der Waals surface area contributed by atoms with Gasteiger partial charge in [-0.2, -0.15) is 11.8 Å². The van der Waals surface area contributed by atoms with Gasteiger partial charge in [-0.05, 0) is 25.4 Å². The molecule has 4 nitrogen and oxygen atoms in total. The number of nitrogens with one attached hydrogen (secondary N) is 1. The average molecular weight is 242 g/mol. The second-order valence-corrected chi connectivity index (χ2v) is 4.57. The number of hydrogen-bond donors (Lipinski definition) is 1. The number of hydrogen-bond acceptors (Lipinski definition) is 4. The minimum atomic E-state index is 0.0278. The van der Waals surface area contributed by atoms with Gasteiger partial charge in [-0.1, -0.05) is 0 Å². The van der Waals surface area contributed by atoms with Crippen LogP contribution in [0.1, 0.15) is 5.76 Å². The van der Waals surface area contributed by atoms with Crippen molar-refractivity contribution < 1.29 is 9.21 Å².